The van der Waals surface area contributed by atoms with Crippen LogP contribution in [0.2, 0.25) is 0 Å². The average Bonchev–Trinajstić information content (AvgIpc) is 2.99. The summed E-state index contributed by atoms with van der Waals surface area (Å²) >= 11 is 0. The molecule has 0 saturated heterocycles. The molecule has 0 fully saturated rings. The topological polar surface area (TPSA) is 129 Å². The summed E-state index contributed by atoms with van der Waals surface area (Å²) < 4.78 is 19.2. The third kappa shape index (κ3) is 10.4. The molecule has 10 heteroatoms. The highest BCUT2D eigenvalue weighted by molar-refractivity contribution is 5.79. The van der Waals surface area contributed by atoms with E-state index >= 15 is 0 Å². The Hall–Kier alpha value is -3.04. The molecule has 1 amide bonds. The van der Waals surface area contributed by atoms with Crippen LogP contribution in [0.25, 0.3) is 0 Å². The summed E-state index contributed by atoms with van der Waals surface area (Å²) in [6.07, 6.45) is 2.08. The molecular formula is C25H39NO9. The van der Waals surface area contributed by atoms with E-state index in [9.17, 15) is 24.3 Å². The molecule has 2 rings (SSSR count). The minimum absolute atomic E-state index is 0.369. The molecule has 0 aromatic carbocycles. The lowest BCUT2D eigenvalue weighted by atomic mass is 9.79. The SMILES string of the molecule is CC(C)(C)OC(=O)N1CCC2=C1C=CC(C)(C(=O)O)C2.CC(C)(C)OC(=O)OC(=O)OC(C)(C)C. The molecule has 0 bridgehead atoms. The molecule has 35 heavy (non-hydrogen) atoms. The first-order valence-electron chi connectivity index (χ1n) is 11.4. The molecule has 1 atom stereocenters. The zero-order valence-corrected chi connectivity index (χ0v) is 22.4. The highest BCUT2D eigenvalue weighted by atomic mass is 16.8. The predicted molar refractivity (Wildman–Crippen MR) is 128 cm³/mol. The Labute approximate surface area is 207 Å². The van der Waals surface area contributed by atoms with Crippen LogP contribution >= 0.6 is 0 Å². The largest absolute Gasteiger partial charge is 0.519 e. The number of carboxylic acids is 1. The molecule has 1 aliphatic carbocycles. The number of hydrogen-bond donors (Lipinski definition) is 1. The van der Waals surface area contributed by atoms with Gasteiger partial charge in [0.1, 0.15) is 16.8 Å². The van der Waals surface area contributed by atoms with E-state index in [1.54, 1.807) is 65.5 Å². The zero-order valence-electron chi connectivity index (χ0n) is 22.4. The third-order valence-electron chi connectivity index (χ3n) is 4.53. The van der Waals surface area contributed by atoms with Crippen molar-refractivity contribution in [2.24, 2.45) is 5.41 Å². The molecule has 0 aromatic heterocycles. The molecular weight excluding hydrogens is 458 g/mol. The summed E-state index contributed by atoms with van der Waals surface area (Å²) in [5.74, 6) is -0.837. The van der Waals surface area contributed by atoms with Gasteiger partial charge in [0.2, 0.25) is 0 Å². The Bertz CT molecular complexity index is 871. The van der Waals surface area contributed by atoms with Crippen molar-refractivity contribution < 1.29 is 43.2 Å². The van der Waals surface area contributed by atoms with Crippen LogP contribution in [-0.4, -0.2) is 57.7 Å². The van der Waals surface area contributed by atoms with E-state index in [4.69, 9.17) is 14.2 Å². The van der Waals surface area contributed by atoms with Gasteiger partial charge in [-0.15, -0.1) is 0 Å². The number of carbonyl (C=O) groups excluding carboxylic acids is 3. The number of nitrogens with zero attached hydrogens (tertiary/aromatic N) is 1. The fourth-order valence-corrected chi connectivity index (χ4v) is 3.10. The van der Waals surface area contributed by atoms with E-state index in [0.29, 0.717) is 19.4 Å². The van der Waals surface area contributed by atoms with Gasteiger partial charge in [0, 0.05) is 12.2 Å². The van der Waals surface area contributed by atoms with Crippen LogP contribution in [0, 0.1) is 5.41 Å². The maximum Gasteiger partial charge on any atom is 0.519 e. The van der Waals surface area contributed by atoms with Gasteiger partial charge in [-0.05, 0) is 93.7 Å². The lowest BCUT2D eigenvalue weighted by Crippen LogP contribution is -2.35. The normalized spacial score (nSPS) is 19.8. The maximum atomic E-state index is 12.1. The van der Waals surface area contributed by atoms with E-state index in [0.717, 1.165) is 11.3 Å². The maximum absolute atomic E-state index is 12.1. The number of ether oxygens (including phenoxy) is 4. The predicted octanol–water partition coefficient (Wildman–Crippen LogP) is 5.81. The number of amides is 1. The molecule has 2 aliphatic rings. The van der Waals surface area contributed by atoms with Crippen LogP contribution in [-0.2, 0) is 23.7 Å². The zero-order chi connectivity index (χ0) is 27.4. The highest BCUT2D eigenvalue weighted by Gasteiger charge is 2.39. The summed E-state index contributed by atoms with van der Waals surface area (Å²) in [6.45, 7) is 17.8. The van der Waals surface area contributed by atoms with Gasteiger partial charge in [-0.1, -0.05) is 6.08 Å². The van der Waals surface area contributed by atoms with Crippen molar-refractivity contribution in [1.82, 2.24) is 4.90 Å². The van der Waals surface area contributed by atoms with Crippen LogP contribution in [0.1, 0.15) is 82.1 Å². The molecule has 0 radical (unpaired) electrons. The Morgan fingerprint density at radius 2 is 1.31 bits per heavy atom. The van der Waals surface area contributed by atoms with Gasteiger partial charge in [-0.2, -0.15) is 0 Å². The van der Waals surface area contributed by atoms with Gasteiger partial charge >= 0.3 is 24.4 Å². The van der Waals surface area contributed by atoms with Crippen LogP contribution < -0.4 is 0 Å². The van der Waals surface area contributed by atoms with Gasteiger partial charge in [-0.25, -0.2) is 14.4 Å². The first-order chi connectivity index (χ1) is 15.6. The Morgan fingerprint density at radius 3 is 1.71 bits per heavy atom. The smallest absolute Gasteiger partial charge is 0.481 e. The fourth-order valence-electron chi connectivity index (χ4n) is 3.10. The Kier molecular flexibility index (Phi) is 9.17. The van der Waals surface area contributed by atoms with Crippen molar-refractivity contribution in [3.05, 3.63) is 23.4 Å². The lowest BCUT2D eigenvalue weighted by Gasteiger charge is -2.28. The number of hydrogen-bond acceptors (Lipinski definition) is 8. The second-order valence-corrected chi connectivity index (χ2v) is 11.6. The minimum Gasteiger partial charge on any atom is -0.481 e. The van der Waals surface area contributed by atoms with Crippen LogP contribution in [0.3, 0.4) is 0 Å². The molecule has 10 nitrogen and oxygen atoms in total. The fraction of sp³-hybridized carbons (Fsp3) is 0.680. The van der Waals surface area contributed by atoms with Gasteiger partial charge in [0.05, 0.1) is 5.41 Å². The monoisotopic (exact) mass is 497 g/mol. The summed E-state index contributed by atoms with van der Waals surface area (Å²) in [5.41, 5.74) is -0.976. The van der Waals surface area contributed by atoms with Gasteiger partial charge < -0.3 is 24.1 Å². The second kappa shape index (κ2) is 10.7. The van der Waals surface area contributed by atoms with E-state index in [2.05, 4.69) is 4.74 Å². The highest BCUT2D eigenvalue weighted by Crippen LogP contribution is 2.40. The lowest BCUT2D eigenvalue weighted by molar-refractivity contribution is -0.145. The van der Waals surface area contributed by atoms with Crippen molar-refractivity contribution in [2.45, 2.75) is 98.9 Å². The summed E-state index contributed by atoms with van der Waals surface area (Å²) in [5, 5.41) is 9.27. The molecule has 0 saturated carbocycles. The number of aliphatic carboxylic acids is 1. The van der Waals surface area contributed by atoms with Gasteiger partial charge in [0.15, 0.2) is 0 Å². The Morgan fingerprint density at radius 1 is 0.857 bits per heavy atom. The number of carbonyl (C=O) groups is 4. The quantitative estimate of drug-likeness (QED) is 0.271. The number of carboxylic acid groups (broad SMARTS) is 1. The molecule has 1 aliphatic heterocycles. The van der Waals surface area contributed by atoms with Crippen LogP contribution in [0.4, 0.5) is 14.4 Å². The van der Waals surface area contributed by atoms with Crippen molar-refractivity contribution in [3.8, 4) is 0 Å². The first kappa shape index (κ1) is 30.0. The molecule has 0 spiro atoms. The first-order valence-corrected chi connectivity index (χ1v) is 11.4. The average molecular weight is 498 g/mol. The van der Waals surface area contributed by atoms with E-state index in [1.165, 1.54) is 0 Å². The summed E-state index contributed by atoms with van der Waals surface area (Å²) in [7, 11) is 0. The van der Waals surface area contributed by atoms with E-state index in [1.807, 2.05) is 20.8 Å². The van der Waals surface area contributed by atoms with Crippen LogP contribution in [0.5, 0.6) is 0 Å². The summed E-state index contributed by atoms with van der Waals surface area (Å²) in [4.78, 5) is 47.0. The standard InChI is InChI=1S/C15H21NO4.C10H18O5/c1-14(2,3)20-13(19)16-8-6-10-9-15(4,12(17)18)7-5-11(10)16;1-9(2,3)14-7(11)13-8(12)15-10(4,5)6/h5,7H,6,8-9H2,1-4H3,(H,17,18);1-6H3. The summed E-state index contributed by atoms with van der Waals surface area (Å²) in [6, 6.07) is 0. The Balaban J connectivity index is 0.000000367. The molecule has 1 heterocycles. The van der Waals surface area contributed by atoms with Crippen LogP contribution in [0.15, 0.2) is 23.4 Å². The van der Waals surface area contributed by atoms with Crippen molar-refractivity contribution >= 4 is 24.4 Å². The van der Waals surface area contributed by atoms with Gasteiger partial charge in [0.25, 0.3) is 0 Å². The van der Waals surface area contributed by atoms with Crippen molar-refractivity contribution in [1.29, 1.82) is 0 Å². The van der Waals surface area contributed by atoms with E-state index in [-0.39, 0.29) is 6.09 Å². The second-order valence-electron chi connectivity index (χ2n) is 11.6. The molecule has 198 valence electrons. The molecule has 0 aromatic rings. The minimum atomic E-state index is -1.06. The van der Waals surface area contributed by atoms with Crippen molar-refractivity contribution in [2.75, 3.05) is 6.54 Å². The molecule has 1 unspecified atom stereocenters. The molecule has 1 N–H and O–H groups in total. The van der Waals surface area contributed by atoms with E-state index < -0.39 is 40.5 Å². The van der Waals surface area contributed by atoms with Gasteiger partial charge in [-0.3, -0.25) is 9.69 Å². The third-order valence-corrected chi connectivity index (χ3v) is 4.53. The number of rotatable bonds is 1. The van der Waals surface area contributed by atoms with Crippen molar-refractivity contribution in [3.63, 3.8) is 0 Å². The number of allylic oxidation sites excluding steroid dienone is 1.